The van der Waals surface area contributed by atoms with Crippen molar-refractivity contribution in [2.45, 2.75) is 25.3 Å². The number of methoxy groups -OCH3 is 1. The predicted molar refractivity (Wildman–Crippen MR) is 72.1 cm³/mol. The number of benzene rings is 1. The van der Waals surface area contributed by atoms with E-state index in [9.17, 15) is 28.2 Å². The number of hydrogen-bond acceptors (Lipinski definition) is 5. The van der Waals surface area contributed by atoms with Crippen molar-refractivity contribution in [3.05, 3.63) is 29.3 Å². The van der Waals surface area contributed by atoms with E-state index in [0.29, 0.717) is 0 Å². The molecule has 0 heterocycles. The molecule has 118 valence electrons. The molecular formula is C13H15F3O4S. The molecular weight excluding hydrogens is 309 g/mol. The number of alkyl halides is 3. The minimum absolute atomic E-state index is 0.0557. The highest BCUT2D eigenvalue weighted by atomic mass is 32.2. The van der Waals surface area contributed by atoms with Crippen molar-refractivity contribution in [2.75, 3.05) is 12.9 Å². The first-order chi connectivity index (χ1) is 9.66. The standard InChI is InChI=1S/C13H15F3O4S/c1-7(17)21-6-10(18)12(19)8-3-4-9(13(14,15)16)11(5-8)20-2/h3-5,10,12,18-19H,6H2,1-2H3. The molecule has 0 aliphatic rings. The highest BCUT2D eigenvalue weighted by Crippen LogP contribution is 2.37. The summed E-state index contributed by atoms with van der Waals surface area (Å²) in [4.78, 5) is 10.8. The van der Waals surface area contributed by atoms with E-state index in [0.717, 1.165) is 37.1 Å². The van der Waals surface area contributed by atoms with Crippen LogP contribution >= 0.6 is 11.8 Å². The molecule has 0 bridgehead atoms. The molecule has 2 atom stereocenters. The van der Waals surface area contributed by atoms with Gasteiger partial charge in [-0.05, 0) is 17.7 Å². The Labute approximate surface area is 123 Å². The third-order valence-electron chi connectivity index (χ3n) is 2.69. The van der Waals surface area contributed by atoms with Crippen LogP contribution < -0.4 is 4.74 Å². The van der Waals surface area contributed by atoms with E-state index in [1.807, 2.05) is 0 Å². The van der Waals surface area contributed by atoms with Crippen molar-refractivity contribution in [3.63, 3.8) is 0 Å². The van der Waals surface area contributed by atoms with Crippen LogP contribution in [0.3, 0.4) is 0 Å². The number of rotatable bonds is 5. The zero-order valence-corrected chi connectivity index (χ0v) is 12.2. The number of aliphatic hydroxyl groups is 2. The van der Waals surface area contributed by atoms with Crippen LogP contribution in [0.4, 0.5) is 13.2 Å². The van der Waals surface area contributed by atoms with E-state index in [4.69, 9.17) is 0 Å². The summed E-state index contributed by atoms with van der Waals surface area (Å²) < 4.78 is 42.8. The number of ether oxygens (including phenoxy) is 1. The van der Waals surface area contributed by atoms with Crippen LogP contribution in [0.1, 0.15) is 24.2 Å². The normalized spacial score (nSPS) is 14.6. The Hall–Kier alpha value is -1.25. The summed E-state index contributed by atoms with van der Waals surface area (Å²) >= 11 is 0.820. The second kappa shape index (κ2) is 7.15. The van der Waals surface area contributed by atoms with Crippen molar-refractivity contribution in [1.82, 2.24) is 0 Å². The van der Waals surface area contributed by atoms with Crippen LogP contribution in [0.15, 0.2) is 18.2 Å². The summed E-state index contributed by atoms with van der Waals surface area (Å²) in [6, 6.07) is 2.87. The number of halogens is 3. The Bertz CT molecular complexity index is 505. The summed E-state index contributed by atoms with van der Waals surface area (Å²) in [6.07, 6.45) is -7.26. The van der Waals surface area contributed by atoms with Crippen LogP contribution in [0.25, 0.3) is 0 Å². The molecule has 1 rings (SSSR count). The van der Waals surface area contributed by atoms with Gasteiger partial charge >= 0.3 is 6.18 Å². The maximum Gasteiger partial charge on any atom is 0.419 e. The van der Waals surface area contributed by atoms with E-state index in [-0.39, 0.29) is 16.4 Å². The fourth-order valence-electron chi connectivity index (χ4n) is 1.64. The molecule has 0 aliphatic carbocycles. The first-order valence-corrected chi connectivity index (χ1v) is 6.90. The largest absolute Gasteiger partial charge is 0.496 e. The Morgan fingerprint density at radius 1 is 1.38 bits per heavy atom. The van der Waals surface area contributed by atoms with Crippen LogP contribution in [-0.4, -0.2) is 34.3 Å². The van der Waals surface area contributed by atoms with E-state index in [2.05, 4.69) is 4.74 Å². The molecule has 0 aliphatic heterocycles. The summed E-state index contributed by atoms with van der Waals surface area (Å²) in [5.74, 6) is -0.495. The van der Waals surface area contributed by atoms with Gasteiger partial charge in [0.15, 0.2) is 5.12 Å². The molecule has 4 nitrogen and oxygen atoms in total. The Morgan fingerprint density at radius 3 is 2.48 bits per heavy atom. The van der Waals surface area contributed by atoms with Gasteiger partial charge in [0.25, 0.3) is 0 Å². The first kappa shape index (κ1) is 17.8. The zero-order chi connectivity index (χ0) is 16.2. The maximum atomic E-state index is 12.7. The number of thioether (sulfide) groups is 1. The predicted octanol–water partition coefficient (Wildman–Crippen LogP) is 2.39. The molecule has 2 unspecified atom stereocenters. The number of carbonyl (C=O) groups is 1. The molecule has 1 aromatic rings. The molecule has 21 heavy (non-hydrogen) atoms. The monoisotopic (exact) mass is 324 g/mol. The van der Waals surface area contributed by atoms with Gasteiger partial charge in [-0.2, -0.15) is 13.2 Å². The lowest BCUT2D eigenvalue weighted by Crippen LogP contribution is -2.21. The topological polar surface area (TPSA) is 66.8 Å². The van der Waals surface area contributed by atoms with E-state index in [1.165, 1.54) is 6.92 Å². The van der Waals surface area contributed by atoms with Crippen LogP contribution in [-0.2, 0) is 11.0 Å². The average molecular weight is 324 g/mol. The molecule has 1 aromatic carbocycles. The van der Waals surface area contributed by atoms with Crippen LogP contribution in [0, 0.1) is 0 Å². The van der Waals surface area contributed by atoms with Gasteiger partial charge in [-0.25, -0.2) is 0 Å². The molecule has 8 heteroatoms. The molecule has 0 aromatic heterocycles. The second-order valence-corrected chi connectivity index (χ2v) is 5.47. The second-order valence-electron chi connectivity index (χ2n) is 4.27. The third kappa shape index (κ3) is 4.90. The molecule has 2 N–H and O–H groups in total. The lowest BCUT2D eigenvalue weighted by Gasteiger charge is -2.19. The molecule has 0 saturated carbocycles. The fraction of sp³-hybridized carbons (Fsp3) is 0.462. The van der Waals surface area contributed by atoms with Crippen molar-refractivity contribution in [2.24, 2.45) is 0 Å². The van der Waals surface area contributed by atoms with Crippen molar-refractivity contribution in [1.29, 1.82) is 0 Å². The summed E-state index contributed by atoms with van der Waals surface area (Å²) in [6.45, 7) is 1.31. The SMILES string of the molecule is COc1cc(C(O)C(O)CSC(C)=O)ccc1C(F)(F)F. The molecule has 0 fully saturated rings. The van der Waals surface area contributed by atoms with E-state index in [1.54, 1.807) is 0 Å². The smallest absolute Gasteiger partial charge is 0.419 e. The third-order valence-corrected chi connectivity index (χ3v) is 3.61. The average Bonchev–Trinajstić information content (AvgIpc) is 2.42. The summed E-state index contributed by atoms with van der Waals surface area (Å²) in [5, 5.41) is 19.4. The number of aliphatic hydroxyl groups excluding tert-OH is 2. The number of carbonyl (C=O) groups excluding carboxylic acids is 1. The van der Waals surface area contributed by atoms with Gasteiger partial charge in [0.1, 0.15) is 11.9 Å². The van der Waals surface area contributed by atoms with Crippen LogP contribution in [0.2, 0.25) is 0 Å². The molecule has 0 radical (unpaired) electrons. The highest BCUT2D eigenvalue weighted by molar-refractivity contribution is 8.13. The van der Waals surface area contributed by atoms with Crippen molar-refractivity contribution < 1.29 is 32.9 Å². The highest BCUT2D eigenvalue weighted by Gasteiger charge is 2.34. The van der Waals surface area contributed by atoms with Gasteiger partial charge < -0.3 is 14.9 Å². The minimum atomic E-state index is -4.57. The summed E-state index contributed by atoms with van der Waals surface area (Å²) in [7, 11) is 1.09. The van der Waals surface area contributed by atoms with Crippen molar-refractivity contribution in [3.8, 4) is 5.75 Å². The zero-order valence-electron chi connectivity index (χ0n) is 11.3. The van der Waals surface area contributed by atoms with Gasteiger partial charge in [-0.1, -0.05) is 17.8 Å². The Kier molecular flexibility index (Phi) is 6.06. The van der Waals surface area contributed by atoms with Gasteiger partial charge in [0.2, 0.25) is 0 Å². The lowest BCUT2D eigenvalue weighted by atomic mass is 10.0. The summed E-state index contributed by atoms with van der Waals surface area (Å²) in [5.41, 5.74) is -0.884. The van der Waals surface area contributed by atoms with Gasteiger partial charge in [0.05, 0.1) is 18.8 Å². The maximum absolute atomic E-state index is 12.7. The minimum Gasteiger partial charge on any atom is -0.496 e. The molecule has 0 spiro atoms. The quantitative estimate of drug-likeness (QED) is 0.870. The first-order valence-electron chi connectivity index (χ1n) is 5.91. The van der Waals surface area contributed by atoms with Gasteiger partial charge in [-0.3, -0.25) is 4.79 Å². The van der Waals surface area contributed by atoms with Gasteiger partial charge in [0, 0.05) is 12.7 Å². The molecule has 0 saturated heterocycles. The Balaban J connectivity index is 2.96. The lowest BCUT2D eigenvalue weighted by molar-refractivity contribution is -0.138. The van der Waals surface area contributed by atoms with Crippen molar-refractivity contribution >= 4 is 16.9 Å². The van der Waals surface area contributed by atoms with Gasteiger partial charge in [-0.15, -0.1) is 0 Å². The number of hydrogen-bond donors (Lipinski definition) is 2. The van der Waals surface area contributed by atoms with E-state index >= 15 is 0 Å². The van der Waals surface area contributed by atoms with E-state index < -0.39 is 29.7 Å². The van der Waals surface area contributed by atoms with Crippen LogP contribution in [0.5, 0.6) is 5.75 Å². The molecule has 0 amide bonds. The Morgan fingerprint density at radius 2 is 2.00 bits per heavy atom. The fourth-order valence-corrected chi connectivity index (χ4v) is 2.23.